The fourth-order valence-corrected chi connectivity index (χ4v) is 2.80. The number of nitrogens with one attached hydrogen (secondary N) is 1. The Bertz CT molecular complexity index is 907. The molecule has 0 spiro atoms. The third kappa shape index (κ3) is 9.49. The highest BCUT2D eigenvalue weighted by Crippen LogP contribution is 2.26. The maximum absolute atomic E-state index is 12.5. The lowest BCUT2D eigenvalue weighted by molar-refractivity contribution is -0.136. The molecule has 2 rings (SSSR count). The third-order valence-electron chi connectivity index (χ3n) is 4.39. The molecule has 0 aliphatic carbocycles. The summed E-state index contributed by atoms with van der Waals surface area (Å²) in [7, 11) is 1.56. The lowest BCUT2D eigenvalue weighted by Gasteiger charge is -2.19. The Balaban J connectivity index is 2.03. The molecule has 0 saturated carbocycles. The molecule has 8 heteroatoms. The highest BCUT2D eigenvalue weighted by Gasteiger charge is 2.17. The minimum Gasteiger partial charge on any atom is -0.497 e. The van der Waals surface area contributed by atoms with Gasteiger partial charge in [-0.2, -0.15) is 0 Å². The molecule has 176 valence electrons. The zero-order valence-corrected chi connectivity index (χ0v) is 18.6. The van der Waals surface area contributed by atoms with Crippen LogP contribution in [0.2, 0.25) is 0 Å². The number of rotatable bonds is 13. The first kappa shape index (κ1) is 25.5. The van der Waals surface area contributed by atoms with Crippen LogP contribution in [0.4, 0.5) is 10.5 Å². The van der Waals surface area contributed by atoms with E-state index in [1.807, 2.05) is 0 Å². The summed E-state index contributed by atoms with van der Waals surface area (Å²) in [6.45, 7) is 3.74. The van der Waals surface area contributed by atoms with Gasteiger partial charge < -0.3 is 24.1 Å². The number of aliphatic hydroxyl groups excluding tert-OH is 1. The van der Waals surface area contributed by atoms with E-state index in [0.29, 0.717) is 30.0 Å². The average molecular weight is 456 g/mol. The number of ether oxygens (including phenoxy) is 4. The smallest absolute Gasteiger partial charge is 0.412 e. The van der Waals surface area contributed by atoms with Crippen LogP contribution < -0.4 is 14.8 Å². The summed E-state index contributed by atoms with van der Waals surface area (Å²) in [6, 6.07) is 13.9. The van der Waals surface area contributed by atoms with Crippen molar-refractivity contribution in [2.45, 2.75) is 18.9 Å². The summed E-state index contributed by atoms with van der Waals surface area (Å²) in [4.78, 5) is 24.1. The predicted octanol–water partition coefficient (Wildman–Crippen LogP) is 4.42. The average Bonchev–Trinajstić information content (AvgIpc) is 2.84. The van der Waals surface area contributed by atoms with Gasteiger partial charge in [-0.15, -0.1) is 0 Å². The van der Waals surface area contributed by atoms with E-state index in [1.165, 1.54) is 12.2 Å². The molecule has 1 atom stereocenters. The van der Waals surface area contributed by atoms with Crippen LogP contribution in [-0.4, -0.2) is 44.1 Å². The van der Waals surface area contributed by atoms with Crippen molar-refractivity contribution in [3.05, 3.63) is 78.9 Å². The first-order valence-electron chi connectivity index (χ1n) is 10.4. The number of aliphatic hydroxyl groups is 1. The van der Waals surface area contributed by atoms with Crippen molar-refractivity contribution < 1.29 is 33.6 Å². The van der Waals surface area contributed by atoms with Gasteiger partial charge in [0.1, 0.15) is 30.8 Å². The van der Waals surface area contributed by atoms with Crippen LogP contribution in [0.1, 0.15) is 24.5 Å². The van der Waals surface area contributed by atoms with Gasteiger partial charge in [0.05, 0.1) is 13.7 Å². The quantitative estimate of drug-likeness (QED) is 0.262. The monoisotopic (exact) mass is 455 g/mol. The maximum atomic E-state index is 12.5. The molecule has 0 aliphatic rings. The molecule has 2 aromatic rings. The summed E-state index contributed by atoms with van der Waals surface area (Å²) in [5.74, 6) is 0.808. The second kappa shape index (κ2) is 14.3. The normalized spacial score (nSPS) is 11.5. The molecule has 0 aromatic heterocycles. The maximum Gasteiger partial charge on any atom is 0.412 e. The number of hydrogen-bond acceptors (Lipinski definition) is 7. The van der Waals surface area contributed by atoms with Crippen LogP contribution in [-0.2, 0) is 14.3 Å². The zero-order valence-electron chi connectivity index (χ0n) is 18.6. The van der Waals surface area contributed by atoms with E-state index < -0.39 is 18.2 Å². The molecule has 0 bridgehead atoms. The molecule has 2 aromatic carbocycles. The molecule has 33 heavy (non-hydrogen) atoms. The first-order valence-corrected chi connectivity index (χ1v) is 10.4. The molecule has 2 N–H and O–H groups in total. The Kier molecular flexibility index (Phi) is 11.1. The number of methoxy groups -OCH3 is 1. The number of anilines is 1. The van der Waals surface area contributed by atoms with Crippen molar-refractivity contribution >= 4 is 17.7 Å². The fourth-order valence-electron chi connectivity index (χ4n) is 2.80. The SMILES string of the molecule is C=CCOC(=O)/C=C/CC[C@H](OC(=O)Nc1ccc(OC)cc1)c1ccc(OCCO)cc1. The lowest BCUT2D eigenvalue weighted by Crippen LogP contribution is -2.17. The van der Waals surface area contributed by atoms with E-state index in [9.17, 15) is 9.59 Å². The Labute approximate surface area is 193 Å². The van der Waals surface area contributed by atoms with Crippen LogP contribution in [0.15, 0.2) is 73.3 Å². The molecule has 0 unspecified atom stereocenters. The van der Waals surface area contributed by atoms with E-state index in [0.717, 1.165) is 5.56 Å². The number of esters is 1. The highest BCUT2D eigenvalue weighted by molar-refractivity contribution is 5.84. The van der Waals surface area contributed by atoms with Crippen LogP contribution in [0.5, 0.6) is 11.5 Å². The topological polar surface area (TPSA) is 103 Å². The number of allylic oxidation sites excluding steroid dienone is 1. The summed E-state index contributed by atoms with van der Waals surface area (Å²) in [5.41, 5.74) is 1.33. The second-order valence-corrected chi connectivity index (χ2v) is 6.79. The minimum absolute atomic E-state index is 0.0828. The van der Waals surface area contributed by atoms with Crippen molar-refractivity contribution in [2.24, 2.45) is 0 Å². The van der Waals surface area contributed by atoms with Gasteiger partial charge in [0.15, 0.2) is 0 Å². The number of carbonyl (C=O) groups is 2. The van der Waals surface area contributed by atoms with E-state index in [-0.39, 0.29) is 19.8 Å². The summed E-state index contributed by atoms with van der Waals surface area (Å²) in [6.07, 6.45) is 4.24. The summed E-state index contributed by atoms with van der Waals surface area (Å²) in [5, 5.41) is 11.6. The van der Waals surface area contributed by atoms with Crippen LogP contribution >= 0.6 is 0 Å². The fraction of sp³-hybridized carbons (Fsp3) is 0.280. The number of amides is 1. The van der Waals surface area contributed by atoms with Gasteiger partial charge in [-0.1, -0.05) is 30.9 Å². The summed E-state index contributed by atoms with van der Waals surface area (Å²) >= 11 is 0. The van der Waals surface area contributed by atoms with Gasteiger partial charge in [0.2, 0.25) is 0 Å². The van der Waals surface area contributed by atoms with E-state index in [1.54, 1.807) is 61.7 Å². The molecular weight excluding hydrogens is 426 g/mol. The minimum atomic E-state index is -0.611. The summed E-state index contributed by atoms with van der Waals surface area (Å²) < 4.78 is 21.0. The van der Waals surface area contributed by atoms with E-state index in [4.69, 9.17) is 24.1 Å². The molecule has 0 saturated heterocycles. The zero-order chi connectivity index (χ0) is 23.9. The Morgan fingerprint density at radius 3 is 2.42 bits per heavy atom. The third-order valence-corrected chi connectivity index (χ3v) is 4.39. The Morgan fingerprint density at radius 2 is 1.79 bits per heavy atom. The van der Waals surface area contributed by atoms with Crippen molar-refractivity contribution in [2.75, 3.05) is 32.2 Å². The molecule has 1 amide bonds. The van der Waals surface area contributed by atoms with Gasteiger partial charge in [0.25, 0.3) is 0 Å². The molecule has 0 radical (unpaired) electrons. The van der Waals surface area contributed by atoms with E-state index >= 15 is 0 Å². The van der Waals surface area contributed by atoms with Gasteiger partial charge in [-0.05, 0) is 54.8 Å². The number of benzene rings is 2. The van der Waals surface area contributed by atoms with Crippen LogP contribution in [0.25, 0.3) is 0 Å². The van der Waals surface area contributed by atoms with Crippen LogP contribution in [0, 0.1) is 0 Å². The number of carbonyl (C=O) groups excluding carboxylic acids is 2. The Hall–Kier alpha value is -3.78. The van der Waals surface area contributed by atoms with Crippen molar-refractivity contribution in [3.8, 4) is 11.5 Å². The first-order chi connectivity index (χ1) is 16.0. The lowest BCUT2D eigenvalue weighted by atomic mass is 10.0. The second-order valence-electron chi connectivity index (χ2n) is 6.79. The molecular formula is C25H29NO7. The van der Waals surface area contributed by atoms with Gasteiger partial charge in [-0.25, -0.2) is 9.59 Å². The number of hydrogen-bond donors (Lipinski definition) is 2. The standard InChI is InChI=1S/C25H29NO7/c1-3-17-32-24(28)7-5-4-6-23(19-8-12-22(13-9-19)31-18-16-27)33-25(29)26-20-10-14-21(30-2)15-11-20/h3,5,7-15,23,27H,1,4,6,16-18H2,2H3,(H,26,29)/b7-5+/t23-/m0/s1. The van der Waals surface area contributed by atoms with Crippen LogP contribution in [0.3, 0.4) is 0 Å². The predicted molar refractivity (Wildman–Crippen MR) is 124 cm³/mol. The molecule has 0 fully saturated rings. The van der Waals surface area contributed by atoms with Gasteiger partial charge in [0, 0.05) is 11.8 Å². The van der Waals surface area contributed by atoms with Crippen molar-refractivity contribution in [1.29, 1.82) is 0 Å². The van der Waals surface area contributed by atoms with Gasteiger partial charge in [-0.3, -0.25) is 5.32 Å². The van der Waals surface area contributed by atoms with Crippen molar-refractivity contribution in [3.63, 3.8) is 0 Å². The molecule has 8 nitrogen and oxygen atoms in total. The largest absolute Gasteiger partial charge is 0.497 e. The molecule has 0 aliphatic heterocycles. The van der Waals surface area contributed by atoms with Gasteiger partial charge >= 0.3 is 12.1 Å². The molecule has 0 heterocycles. The Morgan fingerprint density at radius 1 is 1.09 bits per heavy atom. The highest BCUT2D eigenvalue weighted by atomic mass is 16.6. The van der Waals surface area contributed by atoms with E-state index in [2.05, 4.69) is 11.9 Å². The van der Waals surface area contributed by atoms with Crippen molar-refractivity contribution in [1.82, 2.24) is 0 Å².